The van der Waals surface area contributed by atoms with Crippen LogP contribution in [0.1, 0.15) is 34.6 Å². The summed E-state index contributed by atoms with van der Waals surface area (Å²) in [6.07, 6.45) is -1.85. The SMILES string of the molecule is CC(=O)OC(CNC(=O)OC(C)(C)C)OC(C)=O. The van der Waals surface area contributed by atoms with Crippen LogP contribution >= 0.6 is 0 Å². The van der Waals surface area contributed by atoms with Gasteiger partial charge in [-0.05, 0) is 20.8 Å². The maximum atomic E-state index is 11.3. The molecule has 7 heteroatoms. The summed E-state index contributed by atoms with van der Waals surface area (Å²) in [5.74, 6) is -1.24. The van der Waals surface area contributed by atoms with Crippen LogP contribution in [-0.4, -0.2) is 36.5 Å². The Morgan fingerprint density at radius 1 is 1.06 bits per heavy atom. The van der Waals surface area contributed by atoms with E-state index in [9.17, 15) is 14.4 Å². The minimum atomic E-state index is -1.16. The van der Waals surface area contributed by atoms with Crippen molar-refractivity contribution in [2.45, 2.75) is 46.5 Å². The number of carbonyl (C=O) groups excluding carboxylic acids is 3. The fourth-order valence-corrected chi connectivity index (χ4v) is 0.958. The van der Waals surface area contributed by atoms with Crippen LogP contribution in [0.15, 0.2) is 0 Å². The minimum Gasteiger partial charge on any atom is -0.444 e. The molecule has 0 aliphatic heterocycles. The highest BCUT2D eigenvalue weighted by molar-refractivity contribution is 5.69. The van der Waals surface area contributed by atoms with Gasteiger partial charge < -0.3 is 19.5 Å². The van der Waals surface area contributed by atoms with Gasteiger partial charge in [0.15, 0.2) is 0 Å². The molecule has 0 unspecified atom stereocenters. The molecule has 0 saturated heterocycles. The molecule has 0 saturated carbocycles. The van der Waals surface area contributed by atoms with Gasteiger partial charge in [-0.25, -0.2) is 4.79 Å². The topological polar surface area (TPSA) is 90.9 Å². The Kier molecular flexibility index (Phi) is 6.15. The molecular weight excluding hydrogens is 242 g/mol. The van der Waals surface area contributed by atoms with E-state index in [-0.39, 0.29) is 6.54 Å². The van der Waals surface area contributed by atoms with Crippen LogP contribution in [0.2, 0.25) is 0 Å². The summed E-state index contributed by atoms with van der Waals surface area (Å²) in [6.45, 7) is 7.30. The third-order valence-corrected chi connectivity index (χ3v) is 1.41. The summed E-state index contributed by atoms with van der Waals surface area (Å²) >= 11 is 0. The average molecular weight is 261 g/mol. The Morgan fingerprint density at radius 3 is 1.83 bits per heavy atom. The summed E-state index contributed by atoms with van der Waals surface area (Å²) < 4.78 is 14.3. The third-order valence-electron chi connectivity index (χ3n) is 1.41. The summed E-state index contributed by atoms with van der Waals surface area (Å²) in [4.78, 5) is 32.8. The minimum absolute atomic E-state index is 0.173. The number of carbonyl (C=O) groups is 3. The molecule has 0 bridgehead atoms. The van der Waals surface area contributed by atoms with Crippen molar-refractivity contribution in [3.8, 4) is 0 Å². The van der Waals surface area contributed by atoms with Crippen molar-refractivity contribution < 1.29 is 28.6 Å². The van der Waals surface area contributed by atoms with Crippen molar-refractivity contribution in [3.63, 3.8) is 0 Å². The molecule has 0 aliphatic rings. The zero-order chi connectivity index (χ0) is 14.3. The molecule has 0 atom stereocenters. The third kappa shape index (κ3) is 9.44. The van der Waals surface area contributed by atoms with Gasteiger partial charge in [0, 0.05) is 13.8 Å². The van der Waals surface area contributed by atoms with Gasteiger partial charge in [0.25, 0.3) is 6.29 Å². The van der Waals surface area contributed by atoms with E-state index < -0.39 is 29.9 Å². The average Bonchev–Trinajstić information content (AvgIpc) is 2.09. The lowest BCUT2D eigenvalue weighted by Crippen LogP contribution is -2.39. The largest absolute Gasteiger partial charge is 0.444 e. The van der Waals surface area contributed by atoms with Crippen molar-refractivity contribution >= 4 is 18.0 Å². The Bertz CT molecular complexity index is 304. The van der Waals surface area contributed by atoms with Gasteiger partial charge in [-0.2, -0.15) is 0 Å². The van der Waals surface area contributed by atoms with Gasteiger partial charge in [-0.3, -0.25) is 9.59 Å². The molecule has 0 spiro atoms. The predicted molar refractivity (Wildman–Crippen MR) is 61.6 cm³/mol. The van der Waals surface area contributed by atoms with E-state index in [0.29, 0.717) is 0 Å². The second-order valence-electron chi connectivity index (χ2n) is 4.53. The molecule has 0 rings (SSSR count). The van der Waals surface area contributed by atoms with Crippen LogP contribution in [0, 0.1) is 0 Å². The van der Waals surface area contributed by atoms with Gasteiger partial charge in [-0.15, -0.1) is 0 Å². The second kappa shape index (κ2) is 6.83. The fourth-order valence-electron chi connectivity index (χ4n) is 0.958. The van der Waals surface area contributed by atoms with Gasteiger partial charge in [-0.1, -0.05) is 0 Å². The number of esters is 2. The first kappa shape index (κ1) is 16.2. The van der Waals surface area contributed by atoms with Crippen molar-refractivity contribution in [3.05, 3.63) is 0 Å². The van der Waals surface area contributed by atoms with Crippen LogP contribution in [0.5, 0.6) is 0 Å². The standard InChI is InChI=1S/C11H19NO6/c1-7(13)16-9(17-8(2)14)6-12-10(15)18-11(3,4)5/h9H,6H2,1-5H3,(H,12,15). The number of nitrogens with one attached hydrogen (secondary N) is 1. The molecule has 0 aromatic rings. The second-order valence-corrected chi connectivity index (χ2v) is 4.53. The molecule has 18 heavy (non-hydrogen) atoms. The molecule has 0 aromatic heterocycles. The molecular formula is C11H19NO6. The molecule has 0 fully saturated rings. The molecule has 0 aromatic carbocycles. The number of hydrogen-bond donors (Lipinski definition) is 1. The van der Waals surface area contributed by atoms with E-state index in [1.54, 1.807) is 20.8 Å². The zero-order valence-corrected chi connectivity index (χ0v) is 11.2. The molecule has 0 heterocycles. The number of amides is 1. The molecule has 7 nitrogen and oxygen atoms in total. The first-order valence-corrected chi connectivity index (χ1v) is 5.41. The normalized spacial score (nSPS) is 10.8. The van der Waals surface area contributed by atoms with Crippen LogP contribution < -0.4 is 5.32 Å². The van der Waals surface area contributed by atoms with Crippen LogP contribution in [0.3, 0.4) is 0 Å². The maximum Gasteiger partial charge on any atom is 0.407 e. The Hall–Kier alpha value is -1.79. The van der Waals surface area contributed by atoms with E-state index >= 15 is 0 Å². The van der Waals surface area contributed by atoms with Crippen molar-refractivity contribution in [2.24, 2.45) is 0 Å². The Labute approximate surface area is 106 Å². The van der Waals surface area contributed by atoms with Gasteiger partial charge >= 0.3 is 18.0 Å². The first-order valence-electron chi connectivity index (χ1n) is 5.41. The number of hydrogen-bond acceptors (Lipinski definition) is 6. The van der Waals surface area contributed by atoms with Crippen molar-refractivity contribution in [2.75, 3.05) is 6.54 Å². The van der Waals surface area contributed by atoms with Crippen molar-refractivity contribution in [1.82, 2.24) is 5.32 Å². The molecule has 0 aliphatic carbocycles. The summed E-state index contributed by atoms with van der Waals surface area (Å²) in [7, 11) is 0. The lowest BCUT2D eigenvalue weighted by atomic mass is 10.2. The Morgan fingerprint density at radius 2 is 1.50 bits per heavy atom. The monoisotopic (exact) mass is 261 g/mol. The fraction of sp³-hybridized carbons (Fsp3) is 0.727. The summed E-state index contributed by atoms with van der Waals surface area (Å²) in [6, 6.07) is 0. The molecule has 104 valence electrons. The molecule has 0 radical (unpaired) electrons. The van der Waals surface area contributed by atoms with E-state index in [0.717, 1.165) is 0 Å². The number of alkyl carbamates (subject to hydrolysis) is 1. The van der Waals surface area contributed by atoms with Crippen LogP contribution in [0.4, 0.5) is 4.79 Å². The summed E-state index contributed by atoms with van der Waals surface area (Å²) in [5, 5.41) is 2.33. The van der Waals surface area contributed by atoms with E-state index in [4.69, 9.17) is 4.74 Å². The highest BCUT2D eigenvalue weighted by Crippen LogP contribution is 2.06. The highest BCUT2D eigenvalue weighted by Gasteiger charge is 2.20. The quantitative estimate of drug-likeness (QED) is 0.598. The zero-order valence-electron chi connectivity index (χ0n) is 11.2. The van der Waals surface area contributed by atoms with Crippen molar-refractivity contribution in [1.29, 1.82) is 0 Å². The predicted octanol–water partition coefficient (Wildman–Crippen LogP) is 0.963. The maximum absolute atomic E-state index is 11.3. The molecule has 1 amide bonds. The molecule has 1 N–H and O–H groups in total. The van der Waals surface area contributed by atoms with Crippen LogP contribution in [0.25, 0.3) is 0 Å². The van der Waals surface area contributed by atoms with Crippen LogP contribution in [-0.2, 0) is 23.8 Å². The number of ether oxygens (including phenoxy) is 3. The smallest absolute Gasteiger partial charge is 0.407 e. The van der Waals surface area contributed by atoms with E-state index in [2.05, 4.69) is 14.8 Å². The highest BCUT2D eigenvalue weighted by atomic mass is 16.7. The van der Waals surface area contributed by atoms with Gasteiger partial charge in [0.2, 0.25) is 0 Å². The van der Waals surface area contributed by atoms with Gasteiger partial charge in [0.1, 0.15) is 5.60 Å². The van der Waals surface area contributed by atoms with Gasteiger partial charge in [0.05, 0.1) is 6.54 Å². The lowest BCUT2D eigenvalue weighted by molar-refractivity contribution is -0.183. The summed E-state index contributed by atoms with van der Waals surface area (Å²) in [5.41, 5.74) is -0.636. The van der Waals surface area contributed by atoms with E-state index in [1.807, 2.05) is 0 Å². The van der Waals surface area contributed by atoms with E-state index in [1.165, 1.54) is 13.8 Å². The Balaban J connectivity index is 4.21. The first-order chi connectivity index (χ1) is 8.10. The number of rotatable bonds is 4. The lowest BCUT2D eigenvalue weighted by Gasteiger charge is -2.21.